The highest BCUT2D eigenvalue weighted by Crippen LogP contribution is 2.54. The second-order valence-corrected chi connectivity index (χ2v) is 7.21. The molecule has 148 valence electrons. The Morgan fingerprint density at radius 1 is 0.931 bits per heavy atom. The number of hydrogen-bond donors (Lipinski definition) is 1. The number of alkyl halides is 3. The molecule has 0 saturated heterocycles. The largest absolute Gasteiger partial charge is 0.400 e. The fraction of sp³-hybridized carbons (Fsp3) is 0.136. The fourth-order valence-electron chi connectivity index (χ4n) is 3.90. The summed E-state index contributed by atoms with van der Waals surface area (Å²) in [5.74, 6) is -3.10. The number of fused-ring (bicyclic) bond motifs is 1. The zero-order valence-corrected chi connectivity index (χ0v) is 15.7. The maximum Gasteiger partial charge on any atom is 0.400 e. The summed E-state index contributed by atoms with van der Waals surface area (Å²) in [5.41, 5.74) is -2.85. The van der Waals surface area contributed by atoms with E-state index in [1.54, 1.807) is 12.1 Å². The molecular weight excluding hydrogens is 403 g/mol. The summed E-state index contributed by atoms with van der Waals surface area (Å²) >= 11 is 6.02. The van der Waals surface area contributed by atoms with Gasteiger partial charge < -0.3 is 5.11 Å². The summed E-state index contributed by atoms with van der Waals surface area (Å²) in [6.07, 6.45) is -4.84. The molecule has 3 aromatic rings. The number of rotatable bonds is 3. The lowest BCUT2D eigenvalue weighted by Crippen LogP contribution is -2.52. The van der Waals surface area contributed by atoms with Gasteiger partial charge in [0.1, 0.15) is 5.92 Å². The van der Waals surface area contributed by atoms with Gasteiger partial charge in [-0.1, -0.05) is 66.2 Å². The molecule has 1 N–H and O–H groups in total. The Hall–Kier alpha value is -2.83. The standard InChI is InChI=1S/C22H15ClF3NO2/c23-15-9-6-10-16(13-15)27-20(28)17-11-4-5-12-18(17)21(27,29)19(22(24,25)26)14-7-2-1-3-8-14/h1-13,19,29H. The van der Waals surface area contributed by atoms with E-state index in [-0.39, 0.29) is 27.4 Å². The Morgan fingerprint density at radius 3 is 2.24 bits per heavy atom. The molecule has 2 unspecified atom stereocenters. The minimum atomic E-state index is -4.84. The van der Waals surface area contributed by atoms with Crippen LogP contribution in [0.25, 0.3) is 0 Å². The quantitative estimate of drug-likeness (QED) is 0.612. The number of carbonyl (C=O) groups excluding carboxylic acids is 1. The summed E-state index contributed by atoms with van der Waals surface area (Å²) in [4.78, 5) is 13.9. The molecule has 3 aromatic carbocycles. The van der Waals surface area contributed by atoms with E-state index in [4.69, 9.17) is 11.6 Å². The first-order valence-corrected chi connectivity index (χ1v) is 9.16. The summed E-state index contributed by atoms with van der Waals surface area (Å²) in [5, 5.41) is 11.9. The molecule has 0 radical (unpaired) electrons. The third kappa shape index (κ3) is 3.09. The topological polar surface area (TPSA) is 40.5 Å². The third-order valence-electron chi connectivity index (χ3n) is 5.03. The van der Waals surface area contributed by atoms with Gasteiger partial charge >= 0.3 is 6.18 Å². The van der Waals surface area contributed by atoms with Crippen LogP contribution >= 0.6 is 11.6 Å². The lowest BCUT2D eigenvalue weighted by atomic mass is 9.82. The molecule has 0 fully saturated rings. The van der Waals surface area contributed by atoms with Crippen LogP contribution in [0.2, 0.25) is 5.02 Å². The van der Waals surface area contributed by atoms with Crippen LogP contribution in [0.5, 0.6) is 0 Å². The molecule has 1 amide bonds. The molecule has 1 heterocycles. The second-order valence-electron chi connectivity index (χ2n) is 6.78. The predicted octanol–water partition coefficient (Wildman–Crippen LogP) is 5.49. The molecular formula is C22H15ClF3NO2. The maximum atomic E-state index is 14.4. The zero-order valence-electron chi connectivity index (χ0n) is 14.9. The molecule has 4 rings (SSSR count). The van der Waals surface area contributed by atoms with Crippen molar-refractivity contribution < 1.29 is 23.1 Å². The van der Waals surface area contributed by atoms with Gasteiger partial charge in [0.2, 0.25) is 0 Å². The first-order chi connectivity index (χ1) is 13.7. The van der Waals surface area contributed by atoms with Crippen molar-refractivity contribution in [1.29, 1.82) is 0 Å². The van der Waals surface area contributed by atoms with Crippen LogP contribution in [-0.2, 0) is 5.72 Å². The molecule has 2 atom stereocenters. The van der Waals surface area contributed by atoms with Gasteiger partial charge in [-0.25, -0.2) is 0 Å². The summed E-state index contributed by atoms with van der Waals surface area (Å²) < 4.78 is 43.1. The van der Waals surface area contributed by atoms with E-state index in [1.165, 1.54) is 66.7 Å². The van der Waals surface area contributed by atoms with Crippen molar-refractivity contribution in [2.24, 2.45) is 0 Å². The second kappa shape index (κ2) is 6.90. The van der Waals surface area contributed by atoms with E-state index in [0.29, 0.717) is 0 Å². The van der Waals surface area contributed by atoms with Gasteiger partial charge in [0, 0.05) is 21.8 Å². The van der Waals surface area contributed by atoms with E-state index in [1.807, 2.05) is 0 Å². The molecule has 0 spiro atoms. The number of halogens is 4. The Bertz CT molecular complexity index is 1070. The summed E-state index contributed by atoms with van der Waals surface area (Å²) in [6.45, 7) is 0. The Labute approximate surface area is 170 Å². The van der Waals surface area contributed by atoms with E-state index < -0.39 is 23.7 Å². The SMILES string of the molecule is O=C1c2ccccc2C(O)(C(c2ccccc2)C(F)(F)F)N1c1cccc(Cl)c1. The van der Waals surface area contributed by atoms with Gasteiger partial charge in [-0.2, -0.15) is 13.2 Å². The minimum absolute atomic E-state index is 0.0140. The van der Waals surface area contributed by atoms with E-state index in [2.05, 4.69) is 0 Å². The van der Waals surface area contributed by atoms with Crippen molar-refractivity contribution in [3.05, 3.63) is 101 Å². The van der Waals surface area contributed by atoms with Gasteiger partial charge in [0.05, 0.1) is 0 Å². The number of benzene rings is 3. The predicted molar refractivity (Wildman–Crippen MR) is 104 cm³/mol. The molecule has 0 aromatic heterocycles. The monoisotopic (exact) mass is 417 g/mol. The van der Waals surface area contributed by atoms with Gasteiger partial charge in [-0.05, 0) is 29.8 Å². The third-order valence-corrected chi connectivity index (χ3v) is 5.26. The number of anilines is 1. The first-order valence-electron chi connectivity index (χ1n) is 8.78. The van der Waals surface area contributed by atoms with Crippen LogP contribution in [0.1, 0.15) is 27.4 Å². The molecule has 1 aliphatic rings. The highest BCUT2D eigenvalue weighted by molar-refractivity contribution is 6.31. The van der Waals surface area contributed by atoms with Crippen molar-refractivity contribution in [2.45, 2.75) is 17.8 Å². The highest BCUT2D eigenvalue weighted by Gasteiger charge is 2.63. The fourth-order valence-corrected chi connectivity index (χ4v) is 4.08. The Balaban J connectivity index is 2.03. The number of hydrogen-bond acceptors (Lipinski definition) is 2. The maximum absolute atomic E-state index is 14.4. The smallest absolute Gasteiger partial charge is 0.366 e. The normalized spacial score (nSPS) is 19.9. The number of carbonyl (C=O) groups is 1. The lowest BCUT2D eigenvalue weighted by Gasteiger charge is -2.41. The van der Waals surface area contributed by atoms with Crippen LogP contribution in [-0.4, -0.2) is 17.2 Å². The summed E-state index contributed by atoms with van der Waals surface area (Å²) in [7, 11) is 0. The molecule has 7 heteroatoms. The highest BCUT2D eigenvalue weighted by atomic mass is 35.5. The number of aliphatic hydroxyl groups is 1. The average molecular weight is 418 g/mol. The molecule has 29 heavy (non-hydrogen) atoms. The molecule has 0 bridgehead atoms. The van der Waals surface area contributed by atoms with E-state index >= 15 is 0 Å². The Kier molecular flexibility index (Phi) is 4.63. The van der Waals surface area contributed by atoms with Crippen molar-refractivity contribution in [3.63, 3.8) is 0 Å². The van der Waals surface area contributed by atoms with Crippen LogP contribution in [0.4, 0.5) is 18.9 Å². The van der Waals surface area contributed by atoms with E-state index in [0.717, 1.165) is 4.90 Å². The van der Waals surface area contributed by atoms with Gasteiger partial charge in [0.25, 0.3) is 5.91 Å². The minimum Gasteiger partial charge on any atom is -0.366 e. The molecule has 0 aliphatic carbocycles. The lowest BCUT2D eigenvalue weighted by molar-refractivity contribution is -0.197. The van der Waals surface area contributed by atoms with Crippen molar-refractivity contribution in [2.75, 3.05) is 4.90 Å². The van der Waals surface area contributed by atoms with Crippen molar-refractivity contribution in [1.82, 2.24) is 0 Å². The van der Waals surface area contributed by atoms with Gasteiger partial charge in [0.15, 0.2) is 5.72 Å². The van der Waals surface area contributed by atoms with Gasteiger partial charge in [-0.3, -0.25) is 9.69 Å². The van der Waals surface area contributed by atoms with E-state index in [9.17, 15) is 23.1 Å². The molecule has 1 aliphatic heterocycles. The first kappa shape index (κ1) is 19.5. The van der Waals surface area contributed by atoms with Gasteiger partial charge in [-0.15, -0.1) is 0 Å². The van der Waals surface area contributed by atoms with Crippen LogP contribution in [0, 0.1) is 0 Å². The average Bonchev–Trinajstić information content (AvgIpc) is 2.89. The molecule has 0 saturated carbocycles. The zero-order chi connectivity index (χ0) is 20.8. The summed E-state index contributed by atoms with van der Waals surface area (Å²) in [6, 6.07) is 18.7. The van der Waals surface area contributed by atoms with Crippen LogP contribution < -0.4 is 4.90 Å². The number of amides is 1. The number of nitrogens with zero attached hydrogens (tertiary/aromatic N) is 1. The van der Waals surface area contributed by atoms with Crippen LogP contribution in [0.3, 0.4) is 0 Å². The van der Waals surface area contributed by atoms with Crippen LogP contribution in [0.15, 0.2) is 78.9 Å². The van der Waals surface area contributed by atoms with Crippen molar-refractivity contribution >= 4 is 23.2 Å². The van der Waals surface area contributed by atoms with Crippen molar-refractivity contribution in [3.8, 4) is 0 Å². The Morgan fingerprint density at radius 2 is 1.59 bits per heavy atom. The molecule has 3 nitrogen and oxygen atoms in total.